The molecule has 200 valence electrons. The molecule has 1 aromatic heterocycles. The molecule has 0 amide bonds. The molecule has 0 radical (unpaired) electrons. The summed E-state index contributed by atoms with van der Waals surface area (Å²) in [6.07, 6.45) is 3.90. The van der Waals surface area contributed by atoms with E-state index in [1.54, 1.807) is 13.3 Å². The van der Waals surface area contributed by atoms with Gasteiger partial charge in [-0.3, -0.25) is 14.7 Å². The van der Waals surface area contributed by atoms with Gasteiger partial charge in [-0.25, -0.2) is 13.2 Å². The fourth-order valence-electron chi connectivity index (χ4n) is 5.14. The Kier molecular flexibility index (Phi) is 8.87. The monoisotopic (exact) mass is 525 g/mol. The lowest BCUT2D eigenvalue weighted by atomic mass is 9.81. The maximum atomic E-state index is 13.8. The number of carboxylic acids is 1. The van der Waals surface area contributed by atoms with E-state index in [2.05, 4.69) is 22.1 Å². The van der Waals surface area contributed by atoms with E-state index >= 15 is 0 Å². The van der Waals surface area contributed by atoms with E-state index in [-0.39, 0.29) is 24.1 Å². The van der Waals surface area contributed by atoms with E-state index < -0.39 is 29.3 Å². The standard InChI is InChI=1S/C29H30F3N3O3/c1-33-26(22-9-11-34-27-8-6-21(38-2)16-23(22)27)7-5-18-10-13-35(17-24(18)29(36)37)12-3-4-19-14-20(30)15-25(31)28(19)32/h6,8-9,11,14-16,18,24,26,33H,5,7,10,12-13,17H2,1-2H3,(H,36,37)/t18-,24+,26?/m1/s1. The number of aromatic nitrogens is 1. The molecule has 6 nitrogen and oxygen atoms in total. The van der Waals surface area contributed by atoms with Crippen LogP contribution in [0.1, 0.15) is 36.4 Å². The van der Waals surface area contributed by atoms with Gasteiger partial charge in [0, 0.05) is 30.2 Å². The predicted molar refractivity (Wildman–Crippen MR) is 138 cm³/mol. The van der Waals surface area contributed by atoms with Crippen molar-refractivity contribution in [1.82, 2.24) is 15.2 Å². The fraction of sp³-hybridized carbons (Fsp3) is 0.379. The van der Waals surface area contributed by atoms with Gasteiger partial charge in [-0.2, -0.15) is 0 Å². The fourth-order valence-corrected chi connectivity index (χ4v) is 5.14. The topological polar surface area (TPSA) is 74.7 Å². The Balaban J connectivity index is 1.42. The Bertz CT molecular complexity index is 1370. The van der Waals surface area contributed by atoms with Gasteiger partial charge in [-0.15, -0.1) is 0 Å². The summed E-state index contributed by atoms with van der Waals surface area (Å²) in [6, 6.07) is 9.05. The van der Waals surface area contributed by atoms with Crippen LogP contribution in [0.4, 0.5) is 13.2 Å². The van der Waals surface area contributed by atoms with Crippen molar-refractivity contribution in [3.63, 3.8) is 0 Å². The summed E-state index contributed by atoms with van der Waals surface area (Å²) in [7, 11) is 3.51. The number of ether oxygens (including phenoxy) is 1. The van der Waals surface area contributed by atoms with Gasteiger partial charge in [0.25, 0.3) is 0 Å². The molecule has 4 rings (SSSR count). The number of nitrogens with one attached hydrogen (secondary N) is 1. The smallest absolute Gasteiger partial charge is 0.308 e. The van der Waals surface area contributed by atoms with Crippen LogP contribution in [0, 0.1) is 41.1 Å². The van der Waals surface area contributed by atoms with Crippen molar-refractivity contribution in [3.05, 3.63) is 71.2 Å². The minimum absolute atomic E-state index is 0.00695. The summed E-state index contributed by atoms with van der Waals surface area (Å²) in [4.78, 5) is 18.5. The molecule has 1 aliphatic rings. The van der Waals surface area contributed by atoms with Crippen molar-refractivity contribution >= 4 is 16.9 Å². The maximum absolute atomic E-state index is 13.8. The van der Waals surface area contributed by atoms with Crippen LogP contribution in [0.2, 0.25) is 0 Å². The lowest BCUT2D eigenvalue weighted by Gasteiger charge is -2.36. The number of methoxy groups -OCH3 is 1. The van der Waals surface area contributed by atoms with Gasteiger partial charge in [0.05, 0.1) is 30.7 Å². The van der Waals surface area contributed by atoms with Crippen LogP contribution >= 0.6 is 0 Å². The predicted octanol–water partition coefficient (Wildman–Crippen LogP) is 4.78. The molecule has 0 saturated carbocycles. The quantitative estimate of drug-likeness (QED) is 0.326. The second-order valence-corrected chi connectivity index (χ2v) is 9.48. The molecule has 9 heteroatoms. The molecule has 1 saturated heterocycles. The number of hydrogen-bond acceptors (Lipinski definition) is 5. The molecule has 2 aromatic carbocycles. The molecule has 1 aliphatic heterocycles. The second-order valence-electron chi connectivity index (χ2n) is 9.48. The number of carbonyl (C=O) groups is 1. The Hall–Kier alpha value is -3.61. The van der Waals surface area contributed by atoms with E-state index in [0.717, 1.165) is 34.7 Å². The summed E-state index contributed by atoms with van der Waals surface area (Å²) in [6.45, 7) is 1.11. The highest BCUT2D eigenvalue weighted by molar-refractivity contribution is 5.84. The van der Waals surface area contributed by atoms with E-state index in [4.69, 9.17) is 4.74 Å². The highest BCUT2D eigenvalue weighted by Crippen LogP contribution is 2.33. The Morgan fingerprint density at radius 3 is 2.82 bits per heavy atom. The van der Waals surface area contributed by atoms with Crippen molar-refractivity contribution in [3.8, 4) is 17.6 Å². The third kappa shape index (κ3) is 6.26. The highest BCUT2D eigenvalue weighted by atomic mass is 19.2. The molecular formula is C29H30F3N3O3. The first-order valence-corrected chi connectivity index (χ1v) is 12.5. The van der Waals surface area contributed by atoms with Crippen molar-refractivity contribution in [2.45, 2.75) is 25.3 Å². The molecule has 38 heavy (non-hydrogen) atoms. The van der Waals surface area contributed by atoms with Gasteiger partial charge >= 0.3 is 5.97 Å². The van der Waals surface area contributed by atoms with Gasteiger partial charge in [0.1, 0.15) is 11.6 Å². The summed E-state index contributed by atoms with van der Waals surface area (Å²) in [5.74, 6) is 1.08. The molecule has 1 unspecified atom stereocenters. The number of aliphatic carboxylic acids is 1. The van der Waals surface area contributed by atoms with Crippen LogP contribution in [-0.2, 0) is 4.79 Å². The van der Waals surface area contributed by atoms with Crippen molar-refractivity contribution < 1.29 is 27.8 Å². The molecule has 0 spiro atoms. The number of likely N-dealkylation sites (tertiary alicyclic amines) is 1. The molecule has 0 bridgehead atoms. The summed E-state index contributed by atoms with van der Waals surface area (Å²) >= 11 is 0. The molecule has 1 fully saturated rings. The van der Waals surface area contributed by atoms with Gasteiger partial charge in [0.15, 0.2) is 11.6 Å². The SMILES string of the molecule is CNC(CC[C@@H]1CCN(CC#Cc2cc(F)cc(F)c2F)C[C@@H]1C(=O)O)c1ccnc2ccc(OC)cc12. The van der Waals surface area contributed by atoms with Crippen LogP contribution < -0.4 is 10.1 Å². The first-order valence-electron chi connectivity index (χ1n) is 12.5. The Morgan fingerprint density at radius 2 is 2.08 bits per heavy atom. The zero-order valence-corrected chi connectivity index (χ0v) is 21.3. The number of pyridine rings is 1. The van der Waals surface area contributed by atoms with Crippen LogP contribution in [-0.4, -0.2) is 54.8 Å². The average Bonchev–Trinajstić information content (AvgIpc) is 2.91. The maximum Gasteiger partial charge on any atom is 0.308 e. The zero-order chi connectivity index (χ0) is 27.2. The van der Waals surface area contributed by atoms with Crippen LogP contribution in [0.25, 0.3) is 10.9 Å². The van der Waals surface area contributed by atoms with E-state index in [1.807, 2.05) is 36.2 Å². The van der Waals surface area contributed by atoms with E-state index in [9.17, 15) is 23.1 Å². The molecule has 2 heterocycles. The van der Waals surface area contributed by atoms with Gasteiger partial charge in [-0.1, -0.05) is 11.8 Å². The normalized spacial score (nSPS) is 18.6. The van der Waals surface area contributed by atoms with Crippen LogP contribution in [0.5, 0.6) is 5.75 Å². The molecule has 2 N–H and O–H groups in total. The van der Waals surface area contributed by atoms with Crippen LogP contribution in [0.3, 0.4) is 0 Å². The number of fused-ring (bicyclic) bond motifs is 1. The molecule has 3 aromatic rings. The Labute approximate surface area is 219 Å². The van der Waals surface area contributed by atoms with Gasteiger partial charge in [0.2, 0.25) is 0 Å². The number of nitrogens with zero attached hydrogens (tertiary/aromatic N) is 2. The minimum Gasteiger partial charge on any atom is -0.497 e. The second kappa shape index (κ2) is 12.3. The average molecular weight is 526 g/mol. The Morgan fingerprint density at radius 1 is 1.26 bits per heavy atom. The number of halogens is 3. The summed E-state index contributed by atoms with van der Waals surface area (Å²) in [5, 5.41) is 14.3. The third-order valence-corrected chi connectivity index (χ3v) is 7.21. The molecule has 0 aliphatic carbocycles. The van der Waals surface area contributed by atoms with Crippen LogP contribution in [0.15, 0.2) is 42.6 Å². The lowest BCUT2D eigenvalue weighted by molar-refractivity contribution is -0.146. The summed E-state index contributed by atoms with van der Waals surface area (Å²) in [5.41, 5.74) is 1.59. The van der Waals surface area contributed by atoms with Gasteiger partial charge < -0.3 is 15.2 Å². The highest BCUT2D eigenvalue weighted by Gasteiger charge is 2.34. The third-order valence-electron chi connectivity index (χ3n) is 7.21. The number of rotatable bonds is 8. The first-order chi connectivity index (χ1) is 18.3. The number of carboxylic acid groups (broad SMARTS) is 1. The number of piperidine rings is 1. The number of hydrogen-bond donors (Lipinski definition) is 2. The zero-order valence-electron chi connectivity index (χ0n) is 21.3. The largest absolute Gasteiger partial charge is 0.497 e. The number of benzene rings is 2. The van der Waals surface area contributed by atoms with E-state index in [0.29, 0.717) is 32.0 Å². The minimum atomic E-state index is -1.29. The molecule has 3 atom stereocenters. The summed E-state index contributed by atoms with van der Waals surface area (Å²) < 4.78 is 46.0. The van der Waals surface area contributed by atoms with Crippen molar-refractivity contribution in [2.75, 3.05) is 33.8 Å². The van der Waals surface area contributed by atoms with E-state index in [1.165, 1.54) is 0 Å². The first kappa shape index (κ1) is 27.4. The lowest BCUT2D eigenvalue weighted by Crippen LogP contribution is -2.44. The molecular weight excluding hydrogens is 495 g/mol. The van der Waals surface area contributed by atoms with Gasteiger partial charge in [-0.05, 0) is 74.7 Å². The van der Waals surface area contributed by atoms with Crippen molar-refractivity contribution in [1.29, 1.82) is 0 Å². The van der Waals surface area contributed by atoms with Crippen molar-refractivity contribution in [2.24, 2.45) is 11.8 Å².